The van der Waals surface area contributed by atoms with Crippen molar-refractivity contribution in [3.05, 3.63) is 29.8 Å². The normalized spacial score (nSPS) is 23.8. The molecule has 21 heavy (non-hydrogen) atoms. The number of benzene rings is 1. The lowest BCUT2D eigenvalue weighted by Crippen LogP contribution is -2.35. The van der Waals surface area contributed by atoms with Gasteiger partial charge in [-0.05, 0) is 56.3 Å². The maximum atomic E-state index is 3.55. The monoisotopic (exact) mass is 288 g/mol. The lowest BCUT2D eigenvalue weighted by molar-refractivity contribution is 0.336. The van der Waals surface area contributed by atoms with E-state index in [1.165, 1.54) is 43.4 Å². The Balaban J connectivity index is 1.97. The summed E-state index contributed by atoms with van der Waals surface area (Å²) >= 11 is 0. The van der Waals surface area contributed by atoms with Gasteiger partial charge in [0.2, 0.25) is 0 Å². The number of hydrogen-bond donors (Lipinski definition) is 1. The van der Waals surface area contributed by atoms with E-state index in [9.17, 15) is 0 Å². The van der Waals surface area contributed by atoms with E-state index in [0.29, 0.717) is 6.04 Å². The van der Waals surface area contributed by atoms with E-state index < -0.39 is 0 Å². The van der Waals surface area contributed by atoms with Gasteiger partial charge in [0.25, 0.3) is 0 Å². The second-order valence-electron chi connectivity index (χ2n) is 6.80. The van der Waals surface area contributed by atoms with Gasteiger partial charge in [-0.2, -0.15) is 0 Å². The molecule has 2 nitrogen and oxygen atoms in total. The third-order valence-electron chi connectivity index (χ3n) is 4.96. The average Bonchev–Trinajstić information content (AvgIpc) is 2.52. The lowest BCUT2D eigenvalue weighted by Gasteiger charge is -2.35. The molecule has 0 saturated heterocycles. The van der Waals surface area contributed by atoms with Crippen LogP contribution >= 0.6 is 0 Å². The van der Waals surface area contributed by atoms with Crippen LogP contribution in [-0.4, -0.2) is 19.6 Å². The first-order chi connectivity index (χ1) is 10.1. The first-order valence-electron chi connectivity index (χ1n) is 8.68. The van der Waals surface area contributed by atoms with Gasteiger partial charge in [0.1, 0.15) is 0 Å². The van der Waals surface area contributed by atoms with Crippen molar-refractivity contribution in [2.24, 2.45) is 5.92 Å². The zero-order chi connectivity index (χ0) is 15.2. The fourth-order valence-corrected chi connectivity index (χ4v) is 3.44. The molecule has 2 heteroatoms. The highest BCUT2D eigenvalue weighted by Crippen LogP contribution is 2.30. The SMILES string of the molecule is CCCNC(C)c1ccc(N(C)C2CCCC(C)C2)cc1. The summed E-state index contributed by atoms with van der Waals surface area (Å²) in [7, 11) is 2.26. The van der Waals surface area contributed by atoms with E-state index in [1.54, 1.807) is 0 Å². The highest BCUT2D eigenvalue weighted by Gasteiger charge is 2.22. The summed E-state index contributed by atoms with van der Waals surface area (Å²) in [5, 5.41) is 3.55. The third kappa shape index (κ3) is 4.47. The smallest absolute Gasteiger partial charge is 0.0366 e. The number of nitrogens with one attached hydrogen (secondary N) is 1. The molecule has 0 radical (unpaired) electrons. The van der Waals surface area contributed by atoms with E-state index in [2.05, 4.69) is 62.3 Å². The third-order valence-corrected chi connectivity index (χ3v) is 4.96. The van der Waals surface area contributed by atoms with Crippen molar-refractivity contribution in [2.75, 3.05) is 18.5 Å². The molecule has 1 aliphatic rings. The van der Waals surface area contributed by atoms with Gasteiger partial charge in [0.15, 0.2) is 0 Å². The molecular formula is C19H32N2. The van der Waals surface area contributed by atoms with Crippen LogP contribution < -0.4 is 10.2 Å². The van der Waals surface area contributed by atoms with Gasteiger partial charge in [0, 0.05) is 24.8 Å². The van der Waals surface area contributed by atoms with E-state index >= 15 is 0 Å². The Hall–Kier alpha value is -1.02. The molecule has 3 unspecified atom stereocenters. The van der Waals surface area contributed by atoms with E-state index in [1.807, 2.05) is 0 Å². The van der Waals surface area contributed by atoms with Crippen LogP contribution in [0.5, 0.6) is 0 Å². The Morgan fingerprint density at radius 2 is 1.95 bits per heavy atom. The summed E-state index contributed by atoms with van der Waals surface area (Å²) in [6.07, 6.45) is 6.66. The summed E-state index contributed by atoms with van der Waals surface area (Å²) < 4.78 is 0. The average molecular weight is 288 g/mol. The van der Waals surface area contributed by atoms with Crippen LogP contribution in [-0.2, 0) is 0 Å². The van der Waals surface area contributed by atoms with Gasteiger partial charge >= 0.3 is 0 Å². The molecule has 1 saturated carbocycles. The van der Waals surface area contributed by atoms with Gasteiger partial charge in [0.05, 0.1) is 0 Å². The minimum absolute atomic E-state index is 0.444. The summed E-state index contributed by atoms with van der Waals surface area (Å²) in [5.74, 6) is 0.878. The van der Waals surface area contributed by atoms with Crippen molar-refractivity contribution in [3.8, 4) is 0 Å². The highest BCUT2D eigenvalue weighted by atomic mass is 15.1. The second kappa shape index (κ2) is 7.84. The predicted molar refractivity (Wildman–Crippen MR) is 93.0 cm³/mol. The molecule has 0 amide bonds. The molecule has 1 N–H and O–H groups in total. The van der Waals surface area contributed by atoms with Crippen molar-refractivity contribution < 1.29 is 0 Å². The van der Waals surface area contributed by atoms with E-state index in [0.717, 1.165) is 18.5 Å². The van der Waals surface area contributed by atoms with Crippen LogP contribution in [0.3, 0.4) is 0 Å². The Morgan fingerprint density at radius 3 is 2.57 bits per heavy atom. The summed E-state index contributed by atoms with van der Waals surface area (Å²) in [4.78, 5) is 2.49. The maximum Gasteiger partial charge on any atom is 0.0366 e. The van der Waals surface area contributed by atoms with Crippen molar-refractivity contribution in [1.82, 2.24) is 5.32 Å². The molecule has 3 atom stereocenters. The van der Waals surface area contributed by atoms with E-state index in [4.69, 9.17) is 0 Å². The molecule has 0 aromatic heterocycles. The molecule has 1 aliphatic carbocycles. The Bertz CT molecular complexity index is 412. The van der Waals surface area contributed by atoms with Crippen molar-refractivity contribution in [1.29, 1.82) is 0 Å². The molecule has 0 bridgehead atoms. The van der Waals surface area contributed by atoms with Gasteiger partial charge < -0.3 is 10.2 Å². The Kier molecular flexibility index (Phi) is 6.10. The summed E-state index contributed by atoms with van der Waals surface area (Å²) in [5.41, 5.74) is 2.75. The standard InChI is InChI=1S/C19H32N2/c1-5-13-20-16(3)17-9-11-18(12-10-17)21(4)19-8-6-7-15(2)14-19/h9-12,15-16,19-20H,5-8,13-14H2,1-4H3. The van der Waals surface area contributed by atoms with Crippen LogP contribution in [0.25, 0.3) is 0 Å². The van der Waals surface area contributed by atoms with Crippen LogP contribution in [0.4, 0.5) is 5.69 Å². The Labute approximate surface area is 130 Å². The van der Waals surface area contributed by atoms with Crippen LogP contribution in [0.1, 0.15) is 64.5 Å². The fraction of sp³-hybridized carbons (Fsp3) is 0.684. The zero-order valence-corrected chi connectivity index (χ0v) is 14.2. The predicted octanol–water partition coefficient (Wildman–Crippen LogP) is 4.76. The maximum absolute atomic E-state index is 3.55. The number of nitrogens with zero attached hydrogens (tertiary/aromatic N) is 1. The van der Waals surface area contributed by atoms with Crippen molar-refractivity contribution in [3.63, 3.8) is 0 Å². The van der Waals surface area contributed by atoms with Crippen molar-refractivity contribution in [2.45, 2.75) is 65.0 Å². The number of anilines is 1. The number of hydrogen-bond acceptors (Lipinski definition) is 2. The minimum Gasteiger partial charge on any atom is -0.372 e. The van der Waals surface area contributed by atoms with Gasteiger partial charge in [-0.1, -0.05) is 38.8 Å². The molecule has 1 aromatic rings. The van der Waals surface area contributed by atoms with Gasteiger partial charge in [-0.3, -0.25) is 0 Å². The zero-order valence-electron chi connectivity index (χ0n) is 14.2. The molecule has 0 heterocycles. The minimum atomic E-state index is 0.444. The molecule has 1 aromatic carbocycles. The first kappa shape index (κ1) is 16.4. The van der Waals surface area contributed by atoms with Gasteiger partial charge in [-0.25, -0.2) is 0 Å². The summed E-state index contributed by atoms with van der Waals surface area (Å²) in [6, 6.07) is 10.3. The van der Waals surface area contributed by atoms with Crippen LogP contribution in [0.2, 0.25) is 0 Å². The van der Waals surface area contributed by atoms with Crippen LogP contribution in [0.15, 0.2) is 24.3 Å². The molecule has 0 spiro atoms. The lowest BCUT2D eigenvalue weighted by atomic mass is 9.86. The fourth-order valence-electron chi connectivity index (χ4n) is 3.44. The molecule has 2 rings (SSSR count). The first-order valence-corrected chi connectivity index (χ1v) is 8.68. The van der Waals surface area contributed by atoms with Gasteiger partial charge in [-0.15, -0.1) is 0 Å². The molecular weight excluding hydrogens is 256 g/mol. The molecule has 0 aliphatic heterocycles. The van der Waals surface area contributed by atoms with E-state index in [-0.39, 0.29) is 0 Å². The topological polar surface area (TPSA) is 15.3 Å². The van der Waals surface area contributed by atoms with Crippen molar-refractivity contribution >= 4 is 5.69 Å². The largest absolute Gasteiger partial charge is 0.372 e. The molecule has 1 fully saturated rings. The highest BCUT2D eigenvalue weighted by molar-refractivity contribution is 5.48. The molecule has 118 valence electrons. The number of rotatable bonds is 6. The second-order valence-corrected chi connectivity index (χ2v) is 6.80. The van der Waals surface area contributed by atoms with Crippen LogP contribution in [0, 0.1) is 5.92 Å². The Morgan fingerprint density at radius 1 is 1.24 bits per heavy atom. The summed E-state index contributed by atoms with van der Waals surface area (Å²) in [6.45, 7) is 7.94. The quantitative estimate of drug-likeness (QED) is 0.811.